The van der Waals surface area contributed by atoms with E-state index in [-0.39, 0.29) is 12.1 Å². The molecular weight excluding hydrogens is 104 g/mol. The smallest absolute Gasteiger partial charge is 0.282 e. The van der Waals surface area contributed by atoms with Crippen molar-refractivity contribution in [3.63, 3.8) is 0 Å². The predicted molar refractivity (Wildman–Crippen MR) is 31.6 cm³/mol. The van der Waals surface area contributed by atoms with Crippen molar-refractivity contribution < 1.29 is 4.74 Å². The Kier molecular flexibility index (Phi) is 1.12. The van der Waals surface area contributed by atoms with Gasteiger partial charge < -0.3 is 10.5 Å². The molecule has 1 heterocycles. The molecular formula is C5H10N2O. The second-order valence-corrected chi connectivity index (χ2v) is 2.03. The lowest BCUT2D eigenvalue weighted by molar-refractivity contribution is 0.215. The number of nitrogens with zero attached hydrogens (tertiary/aromatic N) is 1. The van der Waals surface area contributed by atoms with E-state index in [4.69, 9.17) is 10.5 Å². The molecule has 1 aliphatic rings. The first-order valence-electron chi connectivity index (χ1n) is 2.70. The van der Waals surface area contributed by atoms with Crippen LogP contribution in [-0.4, -0.2) is 18.2 Å². The minimum Gasteiger partial charge on any atom is -0.460 e. The standard InChI is InChI=1S/C5H10N2O/c1-3-4(2)8-5(6)7-3/h3-4H,1-2H3,(H2,6,7)/t3-,4-/m1/s1. The first kappa shape index (κ1) is 5.41. The molecule has 8 heavy (non-hydrogen) atoms. The first-order chi connectivity index (χ1) is 3.70. The van der Waals surface area contributed by atoms with E-state index in [2.05, 4.69) is 4.99 Å². The maximum absolute atomic E-state index is 5.24. The molecule has 0 spiro atoms. The molecule has 46 valence electrons. The third-order valence-corrected chi connectivity index (χ3v) is 1.32. The Balaban J connectivity index is 2.56. The van der Waals surface area contributed by atoms with Gasteiger partial charge in [0.25, 0.3) is 6.02 Å². The second-order valence-electron chi connectivity index (χ2n) is 2.03. The summed E-state index contributed by atoms with van der Waals surface area (Å²) in [5.41, 5.74) is 5.24. The number of nitrogens with two attached hydrogens (primary N) is 1. The van der Waals surface area contributed by atoms with Gasteiger partial charge in [-0.2, -0.15) is 0 Å². The van der Waals surface area contributed by atoms with Crippen LogP contribution in [0.4, 0.5) is 0 Å². The van der Waals surface area contributed by atoms with Crippen LogP contribution in [0.25, 0.3) is 0 Å². The van der Waals surface area contributed by atoms with E-state index < -0.39 is 0 Å². The molecule has 3 heteroatoms. The average molecular weight is 114 g/mol. The van der Waals surface area contributed by atoms with Crippen LogP contribution in [0.1, 0.15) is 13.8 Å². The molecule has 0 unspecified atom stereocenters. The van der Waals surface area contributed by atoms with Gasteiger partial charge in [0, 0.05) is 0 Å². The summed E-state index contributed by atoms with van der Waals surface area (Å²) in [6.45, 7) is 3.93. The summed E-state index contributed by atoms with van der Waals surface area (Å²) in [7, 11) is 0. The van der Waals surface area contributed by atoms with Crippen molar-refractivity contribution in [2.45, 2.75) is 26.0 Å². The van der Waals surface area contributed by atoms with Crippen molar-refractivity contribution in [3.8, 4) is 0 Å². The molecule has 0 aromatic carbocycles. The molecule has 0 fully saturated rings. The summed E-state index contributed by atoms with van der Waals surface area (Å²) in [6, 6.07) is 0.556. The Morgan fingerprint density at radius 3 is 2.38 bits per heavy atom. The van der Waals surface area contributed by atoms with Crippen molar-refractivity contribution in [1.29, 1.82) is 0 Å². The van der Waals surface area contributed by atoms with Crippen molar-refractivity contribution in [2.75, 3.05) is 0 Å². The van der Waals surface area contributed by atoms with Crippen LogP contribution in [0.15, 0.2) is 4.99 Å². The van der Waals surface area contributed by atoms with E-state index >= 15 is 0 Å². The van der Waals surface area contributed by atoms with E-state index in [1.807, 2.05) is 13.8 Å². The van der Waals surface area contributed by atoms with Crippen molar-refractivity contribution in [2.24, 2.45) is 10.7 Å². The van der Waals surface area contributed by atoms with E-state index in [1.165, 1.54) is 0 Å². The lowest BCUT2D eigenvalue weighted by Crippen LogP contribution is -2.17. The van der Waals surface area contributed by atoms with Crippen LogP contribution in [0.3, 0.4) is 0 Å². The minimum atomic E-state index is 0.162. The molecule has 0 bridgehead atoms. The molecule has 1 aliphatic heterocycles. The summed E-state index contributed by atoms with van der Waals surface area (Å²) < 4.78 is 5.00. The van der Waals surface area contributed by atoms with Crippen LogP contribution < -0.4 is 5.73 Å². The van der Waals surface area contributed by atoms with Gasteiger partial charge in [-0.3, -0.25) is 0 Å². The zero-order valence-corrected chi connectivity index (χ0v) is 5.09. The first-order valence-corrected chi connectivity index (χ1v) is 2.70. The van der Waals surface area contributed by atoms with Crippen molar-refractivity contribution >= 4 is 6.02 Å². The summed E-state index contributed by atoms with van der Waals surface area (Å²) >= 11 is 0. The highest BCUT2D eigenvalue weighted by atomic mass is 16.5. The van der Waals surface area contributed by atoms with Gasteiger partial charge in [0.15, 0.2) is 0 Å². The number of hydrogen-bond donors (Lipinski definition) is 1. The molecule has 2 N–H and O–H groups in total. The molecule has 0 saturated heterocycles. The molecule has 0 aromatic heterocycles. The second kappa shape index (κ2) is 1.65. The third kappa shape index (κ3) is 0.757. The molecule has 1 rings (SSSR count). The van der Waals surface area contributed by atoms with Gasteiger partial charge in [-0.15, -0.1) is 0 Å². The van der Waals surface area contributed by atoms with Crippen LogP contribution in [0.2, 0.25) is 0 Å². The Morgan fingerprint density at radius 2 is 2.25 bits per heavy atom. The molecule has 0 aliphatic carbocycles. The van der Waals surface area contributed by atoms with E-state index in [0.29, 0.717) is 6.02 Å². The normalized spacial score (nSPS) is 36.5. The summed E-state index contributed by atoms with van der Waals surface area (Å²) in [5.74, 6) is 0. The van der Waals surface area contributed by atoms with Crippen LogP contribution in [-0.2, 0) is 4.74 Å². The number of hydrogen-bond acceptors (Lipinski definition) is 3. The zero-order valence-electron chi connectivity index (χ0n) is 5.09. The Bertz CT molecular complexity index is 122. The highest BCUT2D eigenvalue weighted by molar-refractivity contribution is 5.73. The van der Waals surface area contributed by atoms with Gasteiger partial charge in [0.2, 0.25) is 0 Å². The fraction of sp³-hybridized carbons (Fsp3) is 0.800. The van der Waals surface area contributed by atoms with Gasteiger partial charge in [-0.1, -0.05) is 0 Å². The largest absolute Gasteiger partial charge is 0.460 e. The van der Waals surface area contributed by atoms with Gasteiger partial charge in [-0.05, 0) is 13.8 Å². The van der Waals surface area contributed by atoms with Crippen molar-refractivity contribution in [1.82, 2.24) is 0 Å². The van der Waals surface area contributed by atoms with Gasteiger partial charge in [0.1, 0.15) is 6.10 Å². The molecule has 3 nitrogen and oxygen atoms in total. The third-order valence-electron chi connectivity index (χ3n) is 1.32. The molecule has 2 atom stereocenters. The predicted octanol–water partition coefficient (Wildman–Crippen LogP) is 0.108. The maximum Gasteiger partial charge on any atom is 0.282 e. The van der Waals surface area contributed by atoms with E-state index in [1.54, 1.807) is 0 Å². The minimum absolute atomic E-state index is 0.162. The molecule has 0 radical (unpaired) electrons. The number of aliphatic imine (C=N–C) groups is 1. The number of amidine groups is 1. The average Bonchev–Trinajstić information content (AvgIpc) is 1.85. The Labute approximate surface area is 48.5 Å². The van der Waals surface area contributed by atoms with Crippen LogP contribution >= 0.6 is 0 Å². The van der Waals surface area contributed by atoms with Crippen LogP contribution in [0.5, 0.6) is 0 Å². The van der Waals surface area contributed by atoms with Crippen molar-refractivity contribution in [3.05, 3.63) is 0 Å². The lowest BCUT2D eigenvalue weighted by atomic mass is 10.2. The highest BCUT2D eigenvalue weighted by Gasteiger charge is 2.19. The maximum atomic E-state index is 5.24. The topological polar surface area (TPSA) is 47.6 Å². The molecule has 0 amide bonds. The lowest BCUT2D eigenvalue weighted by Gasteiger charge is -2.04. The Morgan fingerprint density at radius 1 is 1.62 bits per heavy atom. The number of rotatable bonds is 0. The molecule has 0 saturated carbocycles. The van der Waals surface area contributed by atoms with E-state index in [0.717, 1.165) is 0 Å². The quantitative estimate of drug-likeness (QED) is 0.485. The van der Waals surface area contributed by atoms with Gasteiger partial charge in [0.05, 0.1) is 6.04 Å². The van der Waals surface area contributed by atoms with Gasteiger partial charge >= 0.3 is 0 Å². The summed E-state index contributed by atoms with van der Waals surface area (Å²) in [5, 5.41) is 0. The van der Waals surface area contributed by atoms with Crippen LogP contribution in [0, 0.1) is 0 Å². The summed E-state index contributed by atoms with van der Waals surface area (Å²) in [4.78, 5) is 3.94. The Hall–Kier alpha value is -0.730. The number of ether oxygens (including phenoxy) is 1. The van der Waals surface area contributed by atoms with Gasteiger partial charge in [-0.25, -0.2) is 4.99 Å². The summed E-state index contributed by atoms with van der Waals surface area (Å²) in [6.07, 6.45) is 0.162. The highest BCUT2D eigenvalue weighted by Crippen LogP contribution is 2.08. The van der Waals surface area contributed by atoms with E-state index in [9.17, 15) is 0 Å². The zero-order chi connectivity index (χ0) is 6.15. The SMILES string of the molecule is C[C@H]1N=C(N)O[C@@H]1C. The molecule has 0 aromatic rings. The monoisotopic (exact) mass is 114 g/mol. The fourth-order valence-electron chi connectivity index (χ4n) is 0.625. The fourth-order valence-corrected chi connectivity index (χ4v) is 0.625.